The molecule has 1 N–H and O–H groups in total. The fraction of sp³-hybridized carbons (Fsp3) is 0.200. The topological polar surface area (TPSA) is 115 Å². The molecule has 3 amide bonds. The maximum Gasteiger partial charge on any atom is 0.343 e. The molecule has 1 aromatic heterocycles. The van der Waals surface area contributed by atoms with Crippen LogP contribution in [0, 0.1) is 0 Å². The fourth-order valence-corrected chi connectivity index (χ4v) is 3.29. The third-order valence-electron chi connectivity index (χ3n) is 3.98. The van der Waals surface area contributed by atoms with Crippen LogP contribution in [0.4, 0.5) is 4.79 Å². The van der Waals surface area contributed by atoms with Crippen LogP contribution in [0.25, 0.3) is 6.08 Å². The summed E-state index contributed by atoms with van der Waals surface area (Å²) in [6.45, 7) is -0.415. The average Bonchev–Trinajstić information content (AvgIpc) is 3.35. The van der Waals surface area contributed by atoms with E-state index < -0.39 is 23.0 Å². The molecule has 0 spiro atoms. The molecule has 2 aromatic rings. The number of imide groups is 1. The van der Waals surface area contributed by atoms with Crippen molar-refractivity contribution in [1.82, 2.24) is 10.2 Å². The number of thioether (sulfide) groups is 1. The number of ether oxygens (including phenoxy) is 2. The zero-order chi connectivity index (χ0) is 21.5. The van der Waals surface area contributed by atoms with Gasteiger partial charge in [-0.1, -0.05) is 12.1 Å². The molecule has 0 bridgehead atoms. The minimum atomic E-state index is -0.538. The van der Waals surface area contributed by atoms with Crippen LogP contribution in [0.15, 0.2) is 52.0 Å². The van der Waals surface area contributed by atoms with E-state index in [1.54, 1.807) is 42.5 Å². The predicted molar refractivity (Wildman–Crippen MR) is 107 cm³/mol. The van der Waals surface area contributed by atoms with Gasteiger partial charge in [0.15, 0.2) is 6.61 Å². The van der Waals surface area contributed by atoms with E-state index in [4.69, 9.17) is 9.15 Å². The standard InChI is InChI=1S/C20H18N2O7S/c1-27-18(24)12-29-14-6-4-13(5-7-14)9-16-19(25)22(20(26)30-16)11-17(23)21-10-15-3-2-8-28-15/h2-9H,10-12H2,1H3,(H,21,23)/b16-9-. The summed E-state index contributed by atoms with van der Waals surface area (Å²) in [5.41, 5.74) is 0.660. The normalized spacial score (nSPS) is 14.8. The van der Waals surface area contributed by atoms with Crippen molar-refractivity contribution in [2.75, 3.05) is 20.3 Å². The van der Waals surface area contributed by atoms with Gasteiger partial charge in [0, 0.05) is 0 Å². The largest absolute Gasteiger partial charge is 0.482 e. The number of benzene rings is 1. The third-order valence-corrected chi connectivity index (χ3v) is 4.88. The monoisotopic (exact) mass is 430 g/mol. The lowest BCUT2D eigenvalue weighted by molar-refractivity contribution is -0.142. The lowest BCUT2D eigenvalue weighted by Gasteiger charge is -2.11. The van der Waals surface area contributed by atoms with Gasteiger partial charge in [-0.2, -0.15) is 0 Å². The Morgan fingerprint density at radius 2 is 1.97 bits per heavy atom. The van der Waals surface area contributed by atoms with Crippen molar-refractivity contribution in [1.29, 1.82) is 0 Å². The second kappa shape index (κ2) is 9.79. The molecule has 0 saturated carbocycles. The molecule has 1 aliphatic heterocycles. The zero-order valence-electron chi connectivity index (χ0n) is 16.0. The van der Waals surface area contributed by atoms with Crippen LogP contribution >= 0.6 is 11.8 Å². The van der Waals surface area contributed by atoms with Crippen LogP contribution in [0.5, 0.6) is 5.75 Å². The highest BCUT2D eigenvalue weighted by Gasteiger charge is 2.36. The van der Waals surface area contributed by atoms with Gasteiger partial charge in [0.05, 0.1) is 24.8 Å². The highest BCUT2D eigenvalue weighted by Crippen LogP contribution is 2.32. The molecule has 1 saturated heterocycles. The van der Waals surface area contributed by atoms with Crippen LogP contribution in [0.1, 0.15) is 11.3 Å². The highest BCUT2D eigenvalue weighted by atomic mass is 32.2. The van der Waals surface area contributed by atoms with Gasteiger partial charge in [-0.05, 0) is 47.7 Å². The number of methoxy groups -OCH3 is 1. The minimum absolute atomic E-state index is 0.169. The van der Waals surface area contributed by atoms with Crippen LogP contribution in [-0.2, 0) is 25.7 Å². The summed E-state index contributed by atoms with van der Waals surface area (Å²) >= 11 is 0.763. The van der Waals surface area contributed by atoms with Crippen molar-refractivity contribution in [3.63, 3.8) is 0 Å². The number of esters is 1. The molecule has 156 valence electrons. The van der Waals surface area contributed by atoms with Crippen molar-refractivity contribution in [2.45, 2.75) is 6.54 Å². The first-order valence-corrected chi connectivity index (χ1v) is 9.62. The van der Waals surface area contributed by atoms with Gasteiger partial charge in [0.2, 0.25) is 5.91 Å². The van der Waals surface area contributed by atoms with E-state index in [-0.39, 0.29) is 24.6 Å². The maximum absolute atomic E-state index is 12.5. The van der Waals surface area contributed by atoms with Crippen LogP contribution < -0.4 is 10.1 Å². The minimum Gasteiger partial charge on any atom is -0.482 e. The van der Waals surface area contributed by atoms with Gasteiger partial charge in [0.1, 0.15) is 18.1 Å². The molecule has 10 heteroatoms. The molecule has 1 fully saturated rings. The number of carbonyl (C=O) groups is 4. The van der Waals surface area contributed by atoms with E-state index in [0.717, 1.165) is 16.7 Å². The SMILES string of the molecule is COC(=O)COc1ccc(/C=C2\SC(=O)N(CC(=O)NCc3ccco3)C2=O)cc1. The van der Waals surface area contributed by atoms with E-state index in [9.17, 15) is 19.2 Å². The number of amides is 3. The lowest BCUT2D eigenvalue weighted by atomic mass is 10.2. The molecule has 30 heavy (non-hydrogen) atoms. The quantitative estimate of drug-likeness (QED) is 0.501. The first-order valence-electron chi connectivity index (χ1n) is 8.80. The molecule has 3 rings (SSSR count). The van der Waals surface area contributed by atoms with E-state index in [2.05, 4.69) is 10.1 Å². The molecule has 1 aliphatic rings. The Labute approximate surface area is 176 Å². The van der Waals surface area contributed by atoms with E-state index >= 15 is 0 Å². The Balaban J connectivity index is 1.57. The van der Waals surface area contributed by atoms with Crippen LogP contribution in [-0.4, -0.2) is 48.2 Å². The van der Waals surface area contributed by atoms with Gasteiger partial charge in [-0.3, -0.25) is 19.3 Å². The van der Waals surface area contributed by atoms with Gasteiger partial charge < -0.3 is 19.2 Å². The second-order valence-electron chi connectivity index (χ2n) is 6.06. The first-order chi connectivity index (χ1) is 14.5. The van der Waals surface area contributed by atoms with Crippen molar-refractivity contribution in [2.24, 2.45) is 0 Å². The molecule has 2 heterocycles. The second-order valence-corrected chi connectivity index (χ2v) is 7.05. The molecule has 0 unspecified atom stereocenters. The maximum atomic E-state index is 12.5. The molecular weight excluding hydrogens is 412 g/mol. The van der Waals surface area contributed by atoms with Gasteiger partial charge in [-0.15, -0.1) is 0 Å². The third kappa shape index (κ3) is 5.51. The van der Waals surface area contributed by atoms with Crippen LogP contribution in [0.3, 0.4) is 0 Å². The van der Waals surface area contributed by atoms with Crippen molar-refractivity contribution < 1.29 is 33.1 Å². The smallest absolute Gasteiger partial charge is 0.343 e. The number of nitrogens with zero attached hydrogens (tertiary/aromatic N) is 1. The fourth-order valence-electron chi connectivity index (χ4n) is 2.45. The highest BCUT2D eigenvalue weighted by molar-refractivity contribution is 8.18. The molecule has 0 radical (unpaired) electrons. The molecular formula is C20H18N2O7S. The molecule has 1 aromatic carbocycles. The molecule has 0 aliphatic carbocycles. The number of furan rings is 1. The van der Waals surface area contributed by atoms with E-state index in [1.165, 1.54) is 13.4 Å². The molecule has 0 atom stereocenters. The van der Waals surface area contributed by atoms with Crippen molar-refractivity contribution in [3.8, 4) is 5.75 Å². The Bertz CT molecular complexity index is 968. The Hall–Kier alpha value is -3.53. The number of nitrogens with one attached hydrogen (secondary N) is 1. The Kier molecular flexibility index (Phi) is 6.91. The number of carbonyl (C=O) groups excluding carboxylic acids is 4. The molecule has 9 nitrogen and oxygen atoms in total. The van der Waals surface area contributed by atoms with E-state index in [0.29, 0.717) is 17.1 Å². The van der Waals surface area contributed by atoms with Crippen LogP contribution in [0.2, 0.25) is 0 Å². The van der Waals surface area contributed by atoms with Crippen molar-refractivity contribution in [3.05, 3.63) is 58.9 Å². The summed E-state index contributed by atoms with van der Waals surface area (Å²) in [5, 5.41) is 2.08. The van der Waals surface area contributed by atoms with Gasteiger partial charge >= 0.3 is 5.97 Å². The summed E-state index contributed by atoms with van der Waals surface area (Å²) in [5.74, 6) is -0.484. The van der Waals surface area contributed by atoms with Crippen molar-refractivity contribution >= 4 is 40.9 Å². The predicted octanol–water partition coefficient (Wildman–Crippen LogP) is 2.18. The summed E-state index contributed by atoms with van der Waals surface area (Å²) < 4.78 is 14.9. The Morgan fingerprint density at radius 1 is 1.20 bits per heavy atom. The first kappa shape index (κ1) is 21.2. The summed E-state index contributed by atoms with van der Waals surface area (Å²) in [4.78, 5) is 48.9. The van der Waals surface area contributed by atoms with Gasteiger partial charge in [0.25, 0.3) is 11.1 Å². The number of hydrogen-bond donors (Lipinski definition) is 1. The van der Waals surface area contributed by atoms with Gasteiger partial charge in [-0.25, -0.2) is 4.79 Å². The zero-order valence-corrected chi connectivity index (χ0v) is 16.8. The summed E-state index contributed by atoms with van der Waals surface area (Å²) in [7, 11) is 1.27. The summed E-state index contributed by atoms with van der Waals surface area (Å²) in [6.07, 6.45) is 3.04. The summed E-state index contributed by atoms with van der Waals surface area (Å²) in [6, 6.07) is 10.0. The Morgan fingerprint density at radius 3 is 2.63 bits per heavy atom. The number of rotatable bonds is 8. The number of hydrogen-bond acceptors (Lipinski definition) is 8. The van der Waals surface area contributed by atoms with E-state index in [1.807, 2.05) is 0 Å². The average molecular weight is 430 g/mol. The lowest BCUT2D eigenvalue weighted by Crippen LogP contribution is -2.39.